The van der Waals surface area contributed by atoms with Gasteiger partial charge in [-0.3, -0.25) is 9.59 Å². The van der Waals surface area contributed by atoms with E-state index in [1.165, 1.54) is 6.92 Å². The summed E-state index contributed by atoms with van der Waals surface area (Å²) in [6, 6.07) is 9.37. The van der Waals surface area contributed by atoms with E-state index in [1.54, 1.807) is 18.9 Å². The van der Waals surface area contributed by atoms with Gasteiger partial charge in [0.25, 0.3) is 0 Å². The van der Waals surface area contributed by atoms with Gasteiger partial charge in [0.15, 0.2) is 0 Å². The van der Waals surface area contributed by atoms with Gasteiger partial charge in [0.05, 0.1) is 0 Å². The van der Waals surface area contributed by atoms with Crippen LogP contribution in [0.15, 0.2) is 30.3 Å². The molecule has 0 saturated heterocycles. The maximum Gasteiger partial charge on any atom is 0.221 e. The van der Waals surface area contributed by atoms with Crippen LogP contribution >= 0.6 is 0 Å². The predicted octanol–water partition coefficient (Wildman–Crippen LogP) is 4.18. The summed E-state index contributed by atoms with van der Waals surface area (Å²) < 4.78 is 0. The molecule has 4 nitrogen and oxygen atoms in total. The molecule has 21 heavy (non-hydrogen) atoms. The summed E-state index contributed by atoms with van der Waals surface area (Å²) in [6.07, 6.45) is 0. The van der Waals surface area contributed by atoms with Crippen LogP contribution in [-0.2, 0) is 9.59 Å². The van der Waals surface area contributed by atoms with E-state index in [-0.39, 0.29) is 11.8 Å². The highest BCUT2D eigenvalue weighted by Crippen LogP contribution is 2.03. The van der Waals surface area contributed by atoms with Gasteiger partial charge < -0.3 is 10.2 Å². The number of amides is 2. The molecule has 0 aliphatic rings. The van der Waals surface area contributed by atoms with Gasteiger partial charge in [0.1, 0.15) is 0 Å². The number of nitrogens with zero attached hydrogens (tertiary/aromatic N) is 1. The first-order valence-corrected chi connectivity index (χ1v) is 7.51. The molecular weight excluding hydrogens is 264 g/mol. The Bertz CT molecular complexity index is 351. The minimum absolute atomic E-state index is 0.0359. The molecule has 1 aromatic carbocycles. The van der Waals surface area contributed by atoms with Crippen molar-refractivity contribution in [2.24, 2.45) is 0 Å². The second-order valence-corrected chi connectivity index (χ2v) is 3.58. The van der Waals surface area contributed by atoms with Crippen molar-refractivity contribution < 1.29 is 9.59 Å². The molecule has 0 unspecified atom stereocenters. The van der Waals surface area contributed by atoms with Gasteiger partial charge in [0.2, 0.25) is 11.8 Å². The monoisotopic (exact) mass is 296 g/mol. The van der Waals surface area contributed by atoms with Gasteiger partial charge in [-0.15, -0.1) is 0 Å². The van der Waals surface area contributed by atoms with Gasteiger partial charge in [-0.2, -0.15) is 0 Å². The Morgan fingerprint density at radius 3 is 1.67 bits per heavy atom. The molecule has 2 amide bonds. The van der Waals surface area contributed by atoms with Crippen molar-refractivity contribution in [3.05, 3.63) is 30.3 Å². The van der Waals surface area contributed by atoms with E-state index in [2.05, 4.69) is 5.32 Å². The molecule has 0 aromatic heterocycles. The lowest BCUT2D eigenvalue weighted by molar-refractivity contribution is -0.127. The average molecular weight is 296 g/mol. The highest BCUT2D eigenvalue weighted by Gasteiger charge is 1.93. The molecule has 0 saturated carbocycles. The molecule has 4 heteroatoms. The molecule has 1 aromatic rings. The summed E-state index contributed by atoms with van der Waals surface area (Å²) in [5.41, 5.74) is 0.843. The van der Waals surface area contributed by atoms with Crippen LogP contribution in [0, 0.1) is 0 Å². The number of rotatable bonds is 2. The molecule has 122 valence electrons. The maximum atomic E-state index is 10.5. The van der Waals surface area contributed by atoms with E-state index in [4.69, 9.17) is 0 Å². The topological polar surface area (TPSA) is 49.4 Å². The molecule has 0 heterocycles. The molecule has 1 N–H and O–H groups in total. The number of hydrogen-bond acceptors (Lipinski definition) is 2. The van der Waals surface area contributed by atoms with Crippen LogP contribution in [0.1, 0.15) is 48.5 Å². The summed E-state index contributed by atoms with van der Waals surface area (Å²) in [6.45, 7) is 13.8. The summed E-state index contributed by atoms with van der Waals surface area (Å²) in [5, 5.41) is 2.67. The highest BCUT2D eigenvalue weighted by molar-refractivity contribution is 5.88. The Hall–Kier alpha value is -1.84. The van der Waals surface area contributed by atoms with Crippen molar-refractivity contribution in [3.63, 3.8) is 0 Å². The molecule has 0 atom stereocenters. The summed E-state index contributed by atoms with van der Waals surface area (Å²) >= 11 is 0. The Kier molecular flexibility index (Phi) is 20.9. The minimum atomic E-state index is -0.0359. The van der Waals surface area contributed by atoms with Gasteiger partial charge in [-0.25, -0.2) is 0 Å². The fourth-order valence-electron chi connectivity index (χ4n) is 0.947. The zero-order valence-corrected chi connectivity index (χ0v) is 14.9. The van der Waals surface area contributed by atoms with Crippen molar-refractivity contribution in [3.8, 4) is 0 Å². The fraction of sp³-hybridized carbons (Fsp3) is 0.529. The standard InChI is InChI=1S/C8H9NO.C5H11NO.2C2H6/c1-7(10)9-8-5-3-2-4-6-8;1-4-6(3)5(2)7;2*1-2/h2-6H,1H3,(H,9,10);4H2,1-3H3;2*1-2H3. The largest absolute Gasteiger partial charge is 0.346 e. The molecule has 0 fully saturated rings. The van der Waals surface area contributed by atoms with Crippen LogP contribution < -0.4 is 5.32 Å². The van der Waals surface area contributed by atoms with E-state index >= 15 is 0 Å². The number of carbonyl (C=O) groups excluding carboxylic acids is 2. The average Bonchev–Trinajstić information content (AvgIpc) is 2.51. The molecule has 0 aliphatic carbocycles. The SMILES string of the molecule is CC.CC.CC(=O)Nc1ccccc1.CCN(C)C(C)=O. The lowest BCUT2D eigenvalue weighted by atomic mass is 10.3. The molecule has 0 bridgehead atoms. The molecular formula is C17H32N2O2. The van der Waals surface area contributed by atoms with Gasteiger partial charge >= 0.3 is 0 Å². The second kappa shape index (κ2) is 18.2. The van der Waals surface area contributed by atoms with E-state index < -0.39 is 0 Å². The molecule has 0 radical (unpaired) electrons. The lowest BCUT2D eigenvalue weighted by Gasteiger charge is -2.09. The lowest BCUT2D eigenvalue weighted by Crippen LogP contribution is -2.22. The van der Waals surface area contributed by atoms with Crippen LogP contribution in [0.25, 0.3) is 0 Å². The van der Waals surface area contributed by atoms with Crippen LogP contribution in [0.3, 0.4) is 0 Å². The third-order valence-electron chi connectivity index (χ3n) is 2.11. The van der Waals surface area contributed by atoms with Crippen molar-refractivity contribution in [1.82, 2.24) is 4.90 Å². The number of anilines is 1. The third kappa shape index (κ3) is 18.2. The van der Waals surface area contributed by atoms with Gasteiger partial charge in [-0.1, -0.05) is 45.9 Å². The first-order valence-electron chi connectivity index (χ1n) is 7.51. The van der Waals surface area contributed by atoms with E-state index in [0.717, 1.165) is 12.2 Å². The Labute approximate surface area is 130 Å². The number of hydrogen-bond donors (Lipinski definition) is 1. The van der Waals surface area contributed by atoms with Crippen molar-refractivity contribution in [2.45, 2.75) is 48.5 Å². The predicted molar refractivity (Wildman–Crippen MR) is 92.4 cm³/mol. The maximum absolute atomic E-state index is 10.5. The summed E-state index contributed by atoms with van der Waals surface area (Å²) in [7, 11) is 1.78. The smallest absolute Gasteiger partial charge is 0.221 e. The summed E-state index contributed by atoms with van der Waals surface area (Å²) in [4.78, 5) is 22.5. The van der Waals surface area contributed by atoms with E-state index in [0.29, 0.717) is 0 Å². The first kappa shape index (κ1) is 24.2. The normalized spacial score (nSPS) is 7.62. The second-order valence-electron chi connectivity index (χ2n) is 3.58. The zero-order valence-electron chi connectivity index (χ0n) is 14.9. The Morgan fingerprint density at radius 2 is 1.43 bits per heavy atom. The first-order chi connectivity index (χ1) is 9.97. The van der Waals surface area contributed by atoms with Crippen LogP contribution in [-0.4, -0.2) is 30.3 Å². The minimum Gasteiger partial charge on any atom is -0.346 e. The van der Waals surface area contributed by atoms with Crippen LogP contribution in [0.5, 0.6) is 0 Å². The van der Waals surface area contributed by atoms with E-state index in [9.17, 15) is 9.59 Å². The Balaban J connectivity index is -0.000000260. The quantitative estimate of drug-likeness (QED) is 0.890. The zero-order chi connectivity index (χ0) is 17.3. The molecule has 0 aliphatic heterocycles. The van der Waals surface area contributed by atoms with Crippen LogP contribution in [0.4, 0.5) is 5.69 Å². The van der Waals surface area contributed by atoms with Crippen molar-refractivity contribution in [1.29, 1.82) is 0 Å². The van der Waals surface area contributed by atoms with E-state index in [1.807, 2.05) is 65.0 Å². The number of carbonyl (C=O) groups is 2. The summed E-state index contributed by atoms with van der Waals surface area (Å²) in [5.74, 6) is 0.0914. The van der Waals surface area contributed by atoms with Crippen LogP contribution in [0.2, 0.25) is 0 Å². The number of nitrogens with one attached hydrogen (secondary N) is 1. The number of para-hydroxylation sites is 1. The number of benzene rings is 1. The van der Waals surface area contributed by atoms with Gasteiger partial charge in [-0.05, 0) is 19.1 Å². The van der Waals surface area contributed by atoms with Crippen molar-refractivity contribution >= 4 is 17.5 Å². The molecule has 0 spiro atoms. The molecule has 1 rings (SSSR count). The highest BCUT2D eigenvalue weighted by atomic mass is 16.2. The van der Waals surface area contributed by atoms with Crippen molar-refractivity contribution in [2.75, 3.05) is 18.9 Å². The van der Waals surface area contributed by atoms with Gasteiger partial charge in [0, 0.05) is 33.1 Å². The fourth-order valence-corrected chi connectivity index (χ4v) is 0.947. The third-order valence-corrected chi connectivity index (χ3v) is 2.11. The Morgan fingerprint density at radius 1 is 1.00 bits per heavy atom.